The second kappa shape index (κ2) is 8.35. The van der Waals surface area contributed by atoms with Crippen molar-refractivity contribution in [2.75, 3.05) is 6.61 Å². The van der Waals surface area contributed by atoms with Crippen LogP contribution in [0.2, 0.25) is 0 Å². The van der Waals surface area contributed by atoms with Gasteiger partial charge in [-0.25, -0.2) is 0 Å². The molecule has 1 aromatic carbocycles. The van der Waals surface area contributed by atoms with Crippen LogP contribution < -0.4 is 4.46 Å². The van der Waals surface area contributed by atoms with Crippen LogP contribution >= 0.6 is 0 Å². The third-order valence-electron chi connectivity index (χ3n) is 2.09. The molecule has 0 spiro atoms. The van der Waals surface area contributed by atoms with Gasteiger partial charge in [-0.3, -0.25) is 0 Å². The normalized spacial score (nSPS) is 11.4. The molecule has 2 heteroatoms. The molecule has 16 heavy (non-hydrogen) atoms. The van der Waals surface area contributed by atoms with Crippen LogP contribution in [0.1, 0.15) is 19.3 Å². The van der Waals surface area contributed by atoms with Crippen LogP contribution in [0.4, 0.5) is 0 Å². The Kier molecular flexibility index (Phi) is 6.91. The van der Waals surface area contributed by atoms with Crippen molar-refractivity contribution in [3.05, 3.63) is 53.5 Å². The van der Waals surface area contributed by atoms with E-state index < -0.39 is 0 Å². The summed E-state index contributed by atoms with van der Waals surface area (Å²) in [6, 6.07) is 10.5. The molecule has 0 saturated heterocycles. The summed E-state index contributed by atoms with van der Waals surface area (Å²) in [7, 11) is 0. The summed E-state index contributed by atoms with van der Waals surface area (Å²) in [5, 5.41) is 8.87. The third-order valence-corrected chi connectivity index (χ3v) is 4.48. The summed E-state index contributed by atoms with van der Waals surface area (Å²) in [5.41, 5.74) is 0. The summed E-state index contributed by atoms with van der Waals surface area (Å²) in [5.74, 6) is 0. The maximum atomic E-state index is 8.87. The second-order valence-electron chi connectivity index (χ2n) is 3.44. The Morgan fingerprint density at radius 1 is 1.31 bits per heavy atom. The molecule has 0 unspecified atom stereocenters. The number of benzene rings is 1. The van der Waals surface area contributed by atoms with Gasteiger partial charge in [-0.2, -0.15) is 0 Å². The number of aliphatic hydroxyl groups excluding tert-OH is 1. The van der Waals surface area contributed by atoms with Crippen LogP contribution in [0.5, 0.6) is 0 Å². The molecule has 1 rings (SSSR count). The molecule has 0 saturated carbocycles. The van der Waals surface area contributed by atoms with E-state index in [4.69, 9.17) is 5.11 Å². The van der Waals surface area contributed by atoms with Crippen molar-refractivity contribution in [3.63, 3.8) is 0 Å². The number of hydrogen-bond donors (Lipinski definition) is 1. The zero-order chi connectivity index (χ0) is 11.6. The van der Waals surface area contributed by atoms with Gasteiger partial charge in [-0.05, 0) is 0 Å². The molecule has 86 valence electrons. The molecule has 1 nitrogen and oxygen atoms in total. The van der Waals surface area contributed by atoms with E-state index in [1.54, 1.807) is 0 Å². The van der Waals surface area contributed by atoms with Gasteiger partial charge in [0, 0.05) is 0 Å². The summed E-state index contributed by atoms with van der Waals surface area (Å²) < 4.78 is 2.84. The van der Waals surface area contributed by atoms with E-state index in [0.717, 1.165) is 19.3 Å². The number of rotatable bonds is 7. The predicted molar refractivity (Wildman–Crippen MR) is 71.0 cm³/mol. The Labute approximate surface area is 104 Å². The fourth-order valence-corrected chi connectivity index (χ4v) is 3.45. The molecule has 0 atom stereocenters. The van der Waals surface area contributed by atoms with Gasteiger partial charge in [0.15, 0.2) is 0 Å². The quantitative estimate of drug-likeness (QED) is 0.600. The molecular weight excluding hydrogens is 263 g/mol. The first kappa shape index (κ1) is 13.2. The minimum atomic E-state index is 0.274. The zero-order valence-corrected chi connectivity index (χ0v) is 11.1. The Balaban J connectivity index is 2.59. The van der Waals surface area contributed by atoms with Crippen molar-refractivity contribution >= 4 is 19.4 Å². The Hall–Kier alpha value is -0.821. The molecule has 0 amide bonds. The van der Waals surface area contributed by atoms with Crippen LogP contribution in [0.25, 0.3) is 0 Å². The summed E-state index contributed by atoms with van der Waals surface area (Å²) >= 11 is 0.388. The van der Waals surface area contributed by atoms with Gasteiger partial charge in [-0.1, -0.05) is 0 Å². The minimum absolute atomic E-state index is 0.274. The van der Waals surface area contributed by atoms with Crippen LogP contribution in [-0.2, 0) is 0 Å². The SMILES string of the molecule is C=CC/C=C(/CCCO)[Se]c1ccccc1. The molecule has 0 heterocycles. The third kappa shape index (κ3) is 5.31. The van der Waals surface area contributed by atoms with Gasteiger partial charge < -0.3 is 0 Å². The molecule has 0 radical (unpaired) electrons. The standard InChI is InChI=1S/C14H18OSe/c1-2-3-8-13(11-7-12-15)16-14-9-5-4-6-10-14/h2,4-6,8-10,15H,1,3,7,11-12H2/b13-8-. The van der Waals surface area contributed by atoms with Gasteiger partial charge in [0.1, 0.15) is 0 Å². The Morgan fingerprint density at radius 2 is 2.06 bits per heavy atom. The predicted octanol–water partition coefficient (Wildman–Crippen LogP) is 2.25. The summed E-state index contributed by atoms with van der Waals surface area (Å²) in [4.78, 5) is 0. The molecule has 0 aliphatic rings. The Morgan fingerprint density at radius 3 is 2.69 bits per heavy atom. The molecule has 0 aliphatic carbocycles. The van der Waals surface area contributed by atoms with E-state index in [9.17, 15) is 0 Å². The zero-order valence-electron chi connectivity index (χ0n) is 9.43. The van der Waals surface area contributed by atoms with E-state index in [1.807, 2.05) is 12.1 Å². The van der Waals surface area contributed by atoms with Crippen molar-refractivity contribution in [2.45, 2.75) is 19.3 Å². The van der Waals surface area contributed by atoms with Crippen molar-refractivity contribution in [1.29, 1.82) is 0 Å². The fourth-order valence-electron chi connectivity index (χ4n) is 1.30. The van der Waals surface area contributed by atoms with Crippen molar-refractivity contribution in [2.24, 2.45) is 0 Å². The number of hydrogen-bond acceptors (Lipinski definition) is 1. The van der Waals surface area contributed by atoms with E-state index in [2.05, 4.69) is 36.9 Å². The fraction of sp³-hybridized carbons (Fsp3) is 0.286. The molecule has 1 N–H and O–H groups in total. The second-order valence-corrected chi connectivity index (χ2v) is 5.95. The van der Waals surface area contributed by atoms with Crippen molar-refractivity contribution < 1.29 is 5.11 Å². The molecule has 0 bridgehead atoms. The monoisotopic (exact) mass is 282 g/mol. The van der Waals surface area contributed by atoms with Crippen LogP contribution in [-0.4, -0.2) is 26.7 Å². The van der Waals surface area contributed by atoms with Crippen LogP contribution in [0, 0.1) is 0 Å². The van der Waals surface area contributed by atoms with E-state index in [1.165, 1.54) is 8.93 Å². The molecular formula is C14H18OSe. The van der Waals surface area contributed by atoms with Gasteiger partial charge in [0.25, 0.3) is 0 Å². The topological polar surface area (TPSA) is 20.2 Å². The van der Waals surface area contributed by atoms with E-state index in [-0.39, 0.29) is 6.61 Å². The van der Waals surface area contributed by atoms with Gasteiger partial charge >= 0.3 is 104 Å². The van der Waals surface area contributed by atoms with Crippen molar-refractivity contribution in [1.82, 2.24) is 0 Å². The first-order valence-electron chi connectivity index (χ1n) is 5.50. The average molecular weight is 281 g/mol. The van der Waals surface area contributed by atoms with E-state index in [0.29, 0.717) is 15.0 Å². The van der Waals surface area contributed by atoms with E-state index >= 15 is 0 Å². The van der Waals surface area contributed by atoms with Crippen LogP contribution in [0.15, 0.2) is 53.5 Å². The van der Waals surface area contributed by atoms with Crippen LogP contribution in [0.3, 0.4) is 0 Å². The Bertz CT molecular complexity index is 330. The molecule has 0 aromatic heterocycles. The summed E-state index contributed by atoms with van der Waals surface area (Å²) in [6.45, 7) is 4.01. The number of aliphatic hydroxyl groups is 1. The first-order chi connectivity index (χ1) is 7.86. The summed E-state index contributed by atoms with van der Waals surface area (Å²) in [6.07, 6.45) is 6.95. The number of allylic oxidation sites excluding steroid dienone is 3. The molecule has 1 aromatic rings. The molecule has 0 fully saturated rings. The van der Waals surface area contributed by atoms with Gasteiger partial charge in [0.2, 0.25) is 0 Å². The van der Waals surface area contributed by atoms with Gasteiger partial charge in [-0.15, -0.1) is 0 Å². The maximum absolute atomic E-state index is 8.87. The van der Waals surface area contributed by atoms with Crippen molar-refractivity contribution in [3.8, 4) is 0 Å². The van der Waals surface area contributed by atoms with Gasteiger partial charge in [0.05, 0.1) is 0 Å². The molecule has 0 aliphatic heterocycles. The average Bonchev–Trinajstić information content (AvgIpc) is 2.34. The first-order valence-corrected chi connectivity index (χ1v) is 7.22.